The summed E-state index contributed by atoms with van der Waals surface area (Å²) in [4.78, 5) is 0. The van der Waals surface area contributed by atoms with Crippen molar-refractivity contribution in [1.29, 1.82) is 0 Å². The molecular formula is C11H18N2O. The van der Waals surface area contributed by atoms with Crippen molar-refractivity contribution in [2.45, 2.75) is 25.8 Å². The molecule has 0 bridgehead atoms. The van der Waals surface area contributed by atoms with E-state index in [-0.39, 0.29) is 0 Å². The molecule has 0 aliphatic carbocycles. The monoisotopic (exact) mass is 194 g/mol. The summed E-state index contributed by atoms with van der Waals surface area (Å²) < 4.78 is 5.27. The van der Waals surface area contributed by atoms with E-state index in [1.165, 1.54) is 5.56 Å². The molecule has 0 fully saturated rings. The zero-order valence-corrected chi connectivity index (χ0v) is 8.79. The predicted molar refractivity (Wildman–Crippen MR) is 58.1 cm³/mol. The van der Waals surface area contributed by atoms with Gasteiger partial charge in [0, 0.05) is 6.04 Å². The highest BCUT2D eigenvalue weighted by Crippen LogP contribution is 2.19. The molecule has 0 heterocycles. The Hall–Kier alpha value is -1.06. The van der Waals surface area contributed by atoms with E-state index < -0.39 is 0 Å². The number of nitrogens with two attached hydrogens (primary N) is 1. The van der Waals surface area contributed by atoms with Gasteiger partial charge in [-0.3, -0.25) is 11.3 Å². The Bertz CT molecular complexity index is 272. The smallest absolute Gasteiger partial charge is 0.122 e. The normalized spacial score (nSPS) is 12.5. The van der Waals surface area contributed by atoms with Gasteiger partial charge in [-0.2, -0.15) is 0 Å². The molecule has 1 rings (SSSR count). The molecule has 14 heavy (non-hydrogen) atoms. The van der Waals surface area contributed by atoms with Crippen LogP contribution in [0.1, 0.15) is 18.9 Å². The second kappa shape index (κ2) is 5.62. The van der Waals surface area contributed by atoms with Crippen LogP contribution in [0.3, 0.4) is 0 Å². The Kier molecular flexibility index (Phi) is 4.43. The van der Waals surface area contributed by atoms with Crippen LogP contribution in [0, 0.1) is 0 Å². The molecule has 0 saturated heterocycles. The first-order chi connectivity index (χ1) is 6.81. The van der Waals surface area contributed by atoms with Gasteiger partial charge in [0.1, 0.15) is 5.75 Å². The highest BCUT2D eigenvalue weighted by Gasteiger charge is 2.08. The summed E-state index contributed by atoms with van der Waals surface area (Å²) in [6, 6.07) is 8.34. The molecule has 0 radical (unpaired) electrons. The van der Waals surface area contributed by atoms with Crippen LogP contribution >= 0.6 is 0 Å². The zero-order valence-electron chi connectivity index (χ0n) is 8.79. The van der Waals surface area contributed by atoms with Crippen molar-refractivity contribution in [3.8, 4) is 5.75 Å². The molecule has 3 nitrogen and oxygen atoms in total. The van der Waals surface area contributed by atoms with E-state index in [0.717, 1.165) is 18.6 Å². The Balaban J connectivity index is 2.74. The molecular weight excluding hydrogens is 176 g/mol. The number of ether oxygens (including phenoxy) is 1. The van der Waals surface area contributed by atoms with E-state index >= 15 is 0 Å². The number of rotatable bonds is 5. The van der Waals surface area contributed by atoms with Gasteiger partial charge in [-0.1, -0.05) is 25.1 Å². The van der Waals surface area contributed by atoms with Crippen LogP contribution in [0.4, 0.5) is 0 Å². The lowest BCUT2D eigenvalue weighted by atomic mass is 10.0. The highest BCUT2D eigenvalue weighted by molar-refractivity contribution is 5.33. The van der Waals surface area contributed by atoms with Crippen molar-refractivity contribution in [2.24, 2.45) is 5.84 Å². The van der Waals surface area contributed by atoms with Crippen LogP contribution in [-0.2, 0) is 6.42 Å². The summed E-state index contributed by atoms with van der Waals surface area (Å²) in [6.07, 6.45) is 1.91. The largest absolute Gasteiger partial charge is 0.496 e. The van der Waals surface area contributed by atoms with Crippen molar-refractivity contribution >= 4 is 0 Å². The third-order valence-corrected chi connectivity index (χ3v) is 2.39. The average Bonchev–Trinajstić information content (AvgIpc) is 2.26. The minimum Gasteiger partial charge on any atom is -0.496 e. The maximum atomic E-state index is 5.43. The SMILES string of the molecule is CCC(Cc1ccccc1OC)NN. The molecule has 1 aromatic carbocycles. The molecule has 78 valence electrons. The number of hydrazine groups is 1. The first-order valence-corrected chi connectivity index (χ1v) is 4.89. The number of hydrogen-bond donors (Lipinski definition) is 2. The third-order valence-electron chi connectivity index (χ3n) is 2.39. The maximum absolute atomic E-state index is 5.43. The molecule has 0 spiro atoms. The second-order valence-electron chi connectivity index (χ2n) is 3.29. The van der Waals surface area contributed by atoms with E-state index in [9.17, 15) is 0 Å². The maximum Gasteiger partial charge on any atom is 0.122 e. The molecule has 0 saturated carbocycles. The summed E-state index contributed by atoms with van der Waals surface area (Å²) in [5.74, 6) is 6.36. The fourth-order valence-electron chi connectivity index (χ4n) is 1.46. The first-order valence-electron chi connectivity index (χ1n) is 4.89. The van der Waals surface area contributed by atoms with Crippen LogP contribution in [0.15, 0.2) is 24.3 Å². The van der Waals surface area contributed by atoms with E-state index in [0.29, 0.717) is 6.04 Å². The average molecular weight is 194 g/mol. The van der Waals surface area contributed by atoms with Crippen molar-refractivity contribution in [2.75, 3.05) is 7.11 Å². The van der Waals surface area contributed by atoms with Gasteiger partial charge in [-0.25, -0.2) is 0 Å². The van der Waals surface area contributed by atoms with Crippen molar-refractivity contribution in [1.82, 2.24) is 5.43 Å². The number of nitrogens with one attached hydrogen (secondary N) is 1. The molecule has 1 aromatic rings. The summed E-state index contributed by atoms with van der Waals surface area (Å²) in [5, 5.41) is 0. The summed E-state index contributed by atoms with van der Waals surface area (Å²) in [6.45, 7) is 2.11. The fraction of sp³-hybridized carbons (Fsp3) is 0.455. The highest BCUT2D eigenvalue weighted by atomic mass is 16.5. The molecule has 0 aliphatic rings. The second-order valence-corrected chi connectivity index (χ2v) is 3.29. The Morgan fingerprint density at radius 3 is 2.71 bits per heavy atom. The van der Waals surface area contributed by atoms with Crippen molar-refractivity contribution in [3.05, 3.63) is 29.8 Å². The predicted octanol–water partition coefficient (Wildman–Crippen LogP) is 1.48. The van der Waals surface area contributed by atoms with Crippen LogP contribution in [-0.4, -0.2) is 13.2 Å². The van der Waals surface area contributed by atoms with Gasteiger partial charge in [0.15, 0.2) is 0 Å². The van der Waals surface area contributed by atoms with Crippen LogP contribution in [0.2, 0.25) is 0 Å². The van der Waals surface area contributed by atoms with Crippen LogP contribution < -0.4 is 16.0 Å². The zero-order chi connectivity index (χ0) is 10.4. The van der Waals surface area contributed by atoms with Gasteiger partial charge in [-0.15, -0.1) is 0 Å². The topological polar surface area (TPSA) is 47.3 Å². The van der Waals surface area contributed by atoms with Gasteiger partial charge in [0.2, 0.25) is 0 Å². The standard InChI is InChI=1S/C11H18N2O/c1-3-10(13-12)8-9-6-4-5-7-11(9)14-2/h4-7,10,13H,3,8,12H2,1-2H3. The van der Waals surface area contributed by atoms with E-state index in [2.05, 4.69) is 18.4 Å². The number of methoxy groups -OCH3 is 1. The summed E-state index contributed by atoms with van der Waals surface area (Å²) in [7, 11) is 1.69. The quantitative estimate of drug-likeness (QED) is 0.551. The van der Waals surface area contributed by atoms with Gasteiger partial charge in [0.05, 0.1) is 7.11 Å². The molecule has 1 atom stereocenters. The molecule has 3 N–H and O–H groups in total. The van der Waals surface area contributed by atoms with Gasteiger partial charge >= 0.3 is 0 Å². The lowest BCUT2D eigenvalue weighted by Crippen LogP contribution is -2.36. The fourth-order valence-corrected chi connectivity index (χ4v) is 1.46. The van der Waals surface area contributed by atoms with Crippen LogP contribution in [0.25, 0.3) is 0 Å². The summed E-state index contributed by atoms with van der Waals surface area (Å²) >= 11 is 0. The lowest BCUT2D eigenvalue weighted by Gasteiger charge is -2.15. The molecule has 0 amide bonds. The van der Waals surface area contributed by atoms with Gasteiger partial charge < -0.3 is 4.74 Å². The van der Waals surface area contributed by atoms with E-state index in [4.69, 9.17) is 10.6 Å². The molecule has 3 heteroatoms. The Labute approximate surface area is 85.2 Å². The Morgan fingerprint density at radius 1 is 1.43 bits per heavy atom. The number of benzene rings is 1. The minimum atomic E-state index is 0.311. The third kappa shape index (κ3) is 2.72. The van der Waals surface area contributed by atoms with Gasteiger partial charge in [-0.05, 0) is 24.5 Å². The van der Waals surface area contributed by atoms with Crippen LogP contribution in [0.5, 0.6) is 5.75 Å². The first kappa shape index (κ1) is 11.0. The minimum absolute atomic E-state index is 0.311. The van der Waals surface area contributed by atoms with Crippen molar-refractivity contribution < 1.29 is 4.74 Å². The van der Waals surface area contributed by atoms with E-state index in [1.807, 2.05) is 18.2 Å². The number of hydrogen-bond acceptors (Lipinski definition) is 3. The molecule has 1 unspecified atom stereocenters. The number of para-hydroxylation sites is 1. The molecule has 0 aliphatic heterocycles. The summed E-state index contributed by atoms with van der Waals surface area (Å²) in [5.41, 5.74) is 3.99. The van der Waals surface area contributed by atoms with Gasteiger partial charge in [0.25, 0.3) is 0 Å². The van der Waals surface area contributed by atoms with Crippen molar-refractivity contribution in [3.63, 3.8) is 0 Å². The Morgan fingerprint density at radius 2 is 2.14 bits per heavy atom. The lowest BCUT2D eigenvalue weighted by molar-refractivity contribution is 0.404. The molecule has 0 aromatic heterocycles. The van der Waals surface area contributed by atoms with E-state index in [1.54, 1.807) is 7.11 Å².